The highest BCUT2D eigenvalue weighted by Gasteiger charge is 2.42. The molecular weight excluding hydrogens is 374 g/mol. The first kappa shape index (κ1) is 17.1. The lowest BCUT2D eigenvalue weighted by Crippen LogP contribution is -2.33. The van der Waals surface area contributed by atoms with Crippen LogP contribution in [0.2, 0.25) is 5.02 Å². The minimum atomic E-state index is -0.368. The molecule has 0 N–H and O–H groups in total. The van der Waals surface area contributed by atoms with Crippen LogP contribution in [0.1, 0.15) is 35.4 Å². The minimum Gasteiger partial charge on any atom is -0.493 e. The van der Waals surface area contributed by atoms with E-state index in [1.807, 2.05) is 59.7 Å². The number of fused-ring (bicyclic) bond motifs is 3. The Morgan fingerprint density at radius 2 is 1.96 bits per heavy atom. The molecule has 0 unspecified atom stereocenters. The van der Waals surface area contributed by atoms with E-state index in [1.165, 1.54) is 0 Å². The molecule has 5 rings (SSSR count). The van der Waals surface area contributed by atoms with Gasteiger partial charge in [0.1, 0.15) is 0 Å². The summed E-state index contributed by atoms with van der Waals surface area (Å²) >= 11 is 6.05. The summed E-state index contributed by atoms with van der Waals surface area (Å²) in [6.07, 6.45) is 3.98. The van der Waals surface area contributed by atoms with E-state index in [2.05, 4.69) is 11.1 Å². The number of halogens is 1. The Labute approximate surface area is 168 Å². The number of nitrogens with zero attached hydrogens (tertiary/aromatic N) is 3. The van der Waals surface area contributed by atoms with E-state index in [0.29, 0.717) is 5.02 Å². The Morgan fingerprint density at radius 1 is 1.11 bits per heavy atom. The smallest absolute Gasteiger partial charge is 0.215 e. The number of hydrogen-bond acceptors (Lipinski definition) is 5. The van der Waals surface area contributed by atoms with E-state index in [-0.39, 0.29) is 12.3 Å². The predicted octanol–water partition coefficient (Wildman–Crippen LogP) is 4.99. The molecule has 0 spiro atoms. The summed E-state index contributed by atoms with van der Waals surface area (Å²) in [6.45, 7) is 0. The van der Waals surface area contributed by atoms with Gasteiger partial charge in [0.05, 0.1) is 18.9 Å². The third kappa shape index (κ3) is 2.79. The summed E-state index contributed by atoms with van der Waals surface area (Å²) in [6, 6.07) is 17.8. The molecule has 28 heavy (non-hydrogen) atoms. The van der Waals surface area contributed by atoms with Crippen molar-refractivity contribution in [3.05, 3.63) is 88.7 Å². The molecule has 5 nitrogen and oxygen atoms in total. The van der Waals surface area contributed by atoms with Crippen molar-refractivity contribution in [2.24, 2.45) is 5.10 Å². The molecule has 0 amide bonds. The van der Waals surface area contributed by atoms with Gasteiger partial charge in [-0.1, -0.05) is 41.9 Å². The molecule has 0 radical (unpaired) electrons. The van der Waals surface area contributed by atoms with E-state index >= 15 is 0 Å². The van der Waals surface area contributed by atoms with Gasteiger partial charge in [0, 0.05) is 35.0 Å². The molecule has 3 heterocycles. The Bertz CT molecular complexity index is 1040. The van der Waals surface area contributed by atoms with E-state index < -0.39 is 0 Å². The Balaban J connectivity index is 1.61. The van der Waals surface area contributed by atoms with Gasteiger partial charge in [-0.25, -0.2) is 5.01 Å². The average molecular weight is 392 g/mol. The monoisotopic (exact) mass is 391 g/mol. The van der Waals surface area contributed by atoms with Gasteiger partial charge < -0.3 is 9.47 Å². The second-order valence-electron chi connectivity index (χ2n) is 6.79. The molecule has 2 aliphatic heterocycles. The van der Waals surface area contributed by atoms with Crippen LogP contribution in [0.25, 0.3) is 0 Å². The first-order chi connectivity index (χ1) is 13.7. The maximum atomic E-state index is 6.39. The van der Waals surface area contributed by atoms with Gasteiger partial charge in [-0.05, 0) is 29.8 Å². The lowest BCUT2D eigenvalue weighted by molar-refractivity contribution is -0.0211. The first-order valence-electron chi connectivity index (χ1n) is 9.10. The van der Waals surface area contributed by atoms with E-state index in [0.717, 1.165) is 40.3 Å². The number of methoxy groups -OCH3 is 1. The molecule has 2 aromatic carbocycles. The van der Waals surface area contributed by atoms with Crippen LogP contribution in [0.4, 0.5) is 0 Å². The molecular formula is C22H18ClN3O2. The zero-order valence-corrected chi connectivity index (χ0v) is 16.0. The fourth-order valence-electron chi connectivity index (χ4n) is 3.80. The van der Waals surface area contributed by atoms with Crippen molar-refractivity contribution in [3.8, 4) is 11.5 Å². The number of hydrogen-bond donors (Lipinski definition) is 0. The summed E-state index contributed by atoms with van der Waals surface area (Å²) in [4.78, 5) is 4.26. The van der Waals surface area contributed by atoms with E-state index in [1.54, 1.807) is 13.3 Å². The largest absolute Gasteiger partial charge is 0.493 e. The van der Waals surface area contributed by atoms with Crippen molar-refractivity contribution in [2.45, 2.75) is 18.7 Å². The summed E-state index contributed by atoms with van der Waals surface area (Å²) in [5.41, 5.74) is 4.10. The highest BCUT2D eigenvalue weighted by Crippen LogP contribution is 2.50. The number of rotatable bonds is 3. The van der Waals surface area contributed by atoms with Crippen LogP contribution in [0, 0.1) is 0 Å². The van der Waals surface area contributed by atoms with Crippen LogP contribution in [0.3, 0.4) is 0 Å². The fourth-order valence-corrected chi connectivity index (χ4v) is 3.93. The summed E-state index contributed by atoms with van der Waals surface area (Å²) in [5, 5.41) is 7.68. The van der Waals surface area contributed by atoms with Gasteiger partial charge in [0.25, 0.3) is 0 Å². The zero-order valence-electron chi connectivity index (χ0n) is 15.2. The zero-order chi connectivity index (χ0) is 19.1. The summed E-state index contributed by atoms with van der Waals surface area (Å²) < 4.78 is 11.9. The lowest BCUT2D eigenvalue weighted by atomic mass is 9.95. The van der Waals surface area contributed by atoms with Gasteiger partial charge in [-0.2, -0.15) is 5.10 Å². The first-order valence-corrected chi connectivity index (χ1v) is 9.47. The van der Waals surface area contributed by atoms with Crippen LogP contribution in [0.5, 0.6) is 11.5 Å². The maximum Gasteiger partial charge on any atom is 0.215 e. The van der Waals surface area contributed by atoms with E-state index in [9.17, 15) is 0 Å². The topological polar surface area (TPSA) is 47.0 Å². The van der Waals surface area contributed by atoms with Crippen molar-refractivity contribution in [1.29, 1.82) is 0 Å². The standard InChI is InChI=1S/C22H18ClN3O2/c1-27-20-6-2-5-17-19-12-18(14-7-9-16(23)10-8-14)25-26(19)22(28-21(17)20)15-4-3-11-24-13-15/h2-11,13,19,22H,12H2,1H3/t19-,22+/m1/s1. The van der Waals surface area contributed by atoms with Gasteiger partial charge in [0.2, 0.25) is 6.23 Å². The Hall–Kier alpha value is -3.05. The van der Waals surface area contributed by atoms with Crippen molar-refractivity contribution in [3.63, 3.8) is 0 Å². The SMILES string of the molecule is COc1cccc2c1O[C@@H](c1cccnc1)N1N=C(c3ccc(Cl)cc3)C[C@H]21. The molecule has 0 fully saturated rings. The van der Waals surface area contributed by atoms with Crippen LogP contribution in [0.15, 0.2) is 72.1 Å². The van der Waals surface area contributed by atoms with Gasteiger partial charge in [0.15, 0.2) is 11.5 Å². The normalized spacial score (nSPS) is 20.1. The summed E-state index contributed by atoms with van der Waals surface area (Å²) in [7, 11) is 1.66. The van der Waals surface area contributed by atoms with Crippen LogP contribution in [-0.2, 0) is 0 Å². The number of aromatic nitrogens is 1. The maximum absolute atomic E-state index is 6.39. The molecule has 6 heteroatoms. The highest BCUT2D eigenvalue weighted by molar-refractivity contribution is 6.30. The molecule has 3 aromatic rings. The molecule has 2 atom stereocenters. The number of hydrazone groups is 1. The number of benzene rings is 2. The van der Waals surface area contributed by atoms with Crippen molar-refractivity contribution in [1.82, 2.24) is 9.99 Å². The second-order valence-corrected chi connectivity index (χ2v) is 7.23. The van der Waals surface area contributed by atoms with Crippen molar-refractivity contribution < 1.29 is 9.47 Å². The second kappa shape index (κ2) is 6.84. The Kier molecular flexibility index (Phi) is 4.17. The number of para-hydroxylation sites is 1. The Morgan fingerprint density at radius 3 is 2.71 bits per heavy atom. The van der Waals surface area contributed by atoms with Gasteiger partial charge in [-0.15, -0.1) is 0 Å². The summed E-state index contributed by atoms with van der Waals surface area (Å²) in [5.74, 6) is 1.50. The van der Waals surface area contributed by atoms with E-state index in [4.69, 9.17) is 26.2 Å². The lowest BCUT2D eigenvalue weighted by Gasteiger charge is -2.38. The number of pyridine rings is 1. The van der Waals surface area contributed by atoms with Crippen molar-refractivity contribution in [2.75, 3.05) is 7.11 Å². The molecule has 0 saturated heterocycles. The quantitative estimate of drug-likeness (QED) is 0.631. The molecule has 0 bridgehead atoms. The van der Waals surface area contributed by atoms with Crippen LogP contribution in [-0.4, -0.2) is 22.8 Å². The molecule has 1 aromatic heterocycles. The van der Waals surface area contributed by atoms with Gasteiger partial charge >= 0.3 is 0 Å². The average Bonchev–Trinajstić information content (AvgIpc) is 3.19. The fraction of sp³-hybridized carbons (Fsp3) is 0.182. The van der Waals surface area contributed by atoms with Crippen LogP contribution >= 0.6 is 11.6 Å². The molecule has 0 saturated carbocycles. The predicted molar refractivity (Wildman–Crippen MR) is 108 cm³/mol. The molecule has 2 aliphatic rings. The minimum absolute atomic E-state index is 0.0646. The van der Waals surface area contributed by atoms with Crippen molar-refractivity contribution >= 4 is 17.3 Å². The van der Waals surface area contributed by atoms with Crippen LogP contribution < -0.4 is 9.47 Å². The number of ether oxygens (including phenoxy) is 2. The highest BCUT2D eigenvalue weighted by atomic mass is 35.5. The third-order valence-electron chi connectivity index (χ3n) is 5.15. The molecule has 0 aliphatic carbocycles. The molecule has 140 valence electrons. The van der Waals surface area contributed by atoms with Gasteiger partial charge in [-0.3, -0.25) is 4.98 Å². The third-order valence-corrected chi connectivity index (χ3v) is 5.40.